The fraction of sp³-hybridized carbons (Fsp3) is 0.316. The molecular formula is C19H19N5O2. The number of carbonyl (C=O) groups excluding carboxylic acids is 1. The van der Waals surface area contributed by atoms with Crippen LogP contribution in [0.5, 0.6) is 0 Å². The monoisotopic (exact) mass is 349 g/mol. The van der Waals surface area contributed by atoms with Crippen molar-refractivity contribution in [2.45, 2.75) is 25.7 Å². The Morgan fingerprint density at radius 1 is 1.27 bits per heavy atom. The van der Waals surface area contributed by atoms with E-state index in [9.17, 15) is 4.79 Å². The Balaban J connectivity index is 1.60. The van der Waals surface area contributed by atoms with Crippen molar-refractivity contribution in [2.24, 2.45) is 0 Å². The predicted octanol–water partition coefficient (Wildman–Crippen LogP) is 2.85. The molecule has 0 aromatic carbocycles. The molecule has 1 atom stereocenters. The number of hydrogen-bond donors (Lipinski definition) is 0. The number of carbonyl (C=O) groups is 1. The Hall–Kier alpha value is -3.09. The summed E-state index contributed by atoms with van der Waals surface area (Å²) in [6.45, 7) is 3.25. The zero-order valence-corrected chi connectivity index (χ0v) is 14.5. The number of hydrogen-bond acceptors (Lipinski definition) is 6. The molecule has 1 unspecified atom stereocenters. The predicted molar refractivity (Wildman–Crippen MR) is 94.4 cm³/mol. The summed E-state index contributed by atoms with van der Waals surface area (Å²) in [5.74, 6) is 0.830. The second-order valence-electron chi connectivity index (χ2n) is 6.48. The quantitative estimate of drug-likeness (QED) is 0.723. The summed E-state index contributed by atoms with van der Waals surface area (Å²) < 4.78 is 5.41. The first kappa shape index (κ1) is 16.4. The second kappa shape index (κ2) is 7.03. The van der Waals surface area contributed by atoms with E-state index in [0.29, 0.717) is 17.9 Å². The summed E-state index contributed by atoms with van der Waals surface area (Å²) in [6, 6.07) is 5.38. The van der Waals surface area contributed by atoms with Gasteiger partial charge in [0.15, 0.2) is 5.76 Å². The van der Waals surface area contributed by atoms with Crippen LogP contribution in [0, 0.1) is 6.92 Å². The number of pyridine rings is 1. The van der Waals surface area contributed by atoms with Crippen molar-refractivity contribution >= 4 is 5.91 Å². The van der Waals surface area contributed by atoms with E-state index in [1.807, 2.05) is 17.9 Å². The molecule has 26 heavy (non-hydrogen) atoms. The molecule has 1 aliphatic rings. The van der Waals surface area contributed by atoms with Crippen LogP contribution < -0.4 is 0 Å². The minimum absolute atomic E-state index is 0.0308. The normalized spacial score (nSPS) is 17.3. The Morgan fingerprint density at radius 3 is 2.88 bits per heavy atom. The minimum Gasteiger partial charge on any atom is -0.356 e. The molecule has 1 aliphatic heterocycles. The fourth-order valence-electron chi connectivity index (χ4n) is 3.41. The number of amides is 1. The van der Waals surface area contributed by atoms with E-state index in [0.717, 1.165) is 36.3 Å². The maximum atomic E-state index is 12.8. The summed E-state index contributed by atoms with van der Waals surface area (Å²) in [7, 11) is 0. The smallest absolute Gasteiger partial charge is 0.253 e. The van der Waals surface area contributed by atoms with Gasteiger partial charge >= 0.3 is 0 Å². The van der Waals surface area contributed by atoms with Crippen LogP contribution in [-0.4, -0.2) is 44.0 Å². The Bertz CT molecular complexity index is 909. The molecule has 0 N–H and O–H groups in total. The van der Waals surface area contributed by atoms with Gasteiger partial charge < -0.3 is 9.42 Å². The van der Waals surface area contributed by atoms with Crippen LogP contribution in [0.25, 0.3) is 11.3 Å². The average Bonchev–Trinajstić information content (AvgIpc) is 3.14. The van der Waals surface area contributed by atoms with Crippen molar-refractivity contribution in [3.8, 4) is 11.3 Å². The molecule has 132 valence electrons. The average molecular weight is 349 g/mol. The van der Waals surface area contributed by atoms with Crippen LogP contribution >= 0.6 is 0 Å². The number of rotatable bonds is 3. The zero-order chi connectivity index (χ0) is 17.9. The van der Waals surface area contributed by atoms with Crippen LogP contribution in [0.3, 0.4) is 0 Å². The van der Waals surface area contributed by atoms with Crippen LogP contribution in [0.1, 0.15) is 40.5 Å². The molecular weight excluding hydrogens is 330 g/mol. The molecule has 3 aromatic heterocycles. The SMILES string of the molecule is Cc1cc(-c2cncnc2C2CCCN(C(=O)c3ccncc3)C2)on1. The van der Waals surface area contributed by atoms with Crippen LogP contribution in [0.2, 0.25) is 0 Å². The van der Waals surface area contributed by atoms with Crippen LogP contribution in [0.15, 0.2) is 47.6 Å². The summed E-state index contributed by atoms with van der Waals surface area (Å²) in [4.78, 5) is 27.3. The Labute approximate surface area is 151 Å². The highest BCUT2D eigenvalue weighted by molar-refractivity contribution is 5.94. The molecule has 1 saturated heterocycles. The first-order chi connectivity index (χ1) is 12.7. The minimum atomic E-state index is 0.0308. The first-order valence-corrected chi connectivity index (χ1v) is 8.65. The summed E-state index contributed by atoms with van der Waals surface area (Å²) in [5, 5.41) is 3.96. The fourth-order valence-corrected chi connectivity index (χ4v) is 3.41. The van der Waals surface area contributed by atoms with E-state index in [4.69, 9.17) is 4.52 Å². The summed E-state index contributed by atoms with van der Waals surface area (Å²) in [5.41, 5.74) is 3.22. The molecule has 7 heteroatoms. The van der Waals surface area contributed by atoms with E-state index >= 15 is 0 Å². The number of aromatic nitrogens is 4. The van der Waals surface area contributed by atoms with Gasteiger partial charge in [-0.2, -0.15) is 0 Å². The third-order valence-electron chi connectivity index (χ3n) is 4.66. The number of piperidine rings is 1. The van der Waals surface area contributed by atoms with E-state index < -0.39 is 0 Å². The molecule has 7 nitrogen and oxygen atoms in total. The van der Waals surface area contributed by atoms with E-state index in [1.54, 1.807) is 37.1 Å². The standard InChI is InChI=1S/C19H19N5O2/c1-13-9-17(26-23-13)16-10-21-12-22-18(16)15-3-2-8-24(11-15)19(25)14-4-6-20-7-5-14/h4-7,9-10,12,15H,2-3,8,11H2,1H3. The van der Waals surface area contributed by atoms with Crippen molar-refractivity contribution in [2.75, 3.05) is 13.1 Å². The van der Waals surface area contributed by atoms with Crippen molar-refractivity contribution in [1.82, 2.24) is 25.0 Å². The maximum Gasteiger partial charge on any atom is 0.253 e. The molecule has 0 aliphatic carbocycles. The van der Waals surface area contributed by atoms with E-state index in [2.05, 4.69) is 20.1 Å². The van der Waals surface area contributed by atoms with Crippen LogP contribution in [-0.2, 0) is 0 Å². The van der Waals surface area contributed by atoms with Gasteiger partial charge in [-0.15, -0.1) is 0 Å². The number of aryl methyl sites for hydroxylation is 1. The largest absolute Gasteiger partial charge is 0.356 e. The number of nitrogens with zero attached hydrogens (tertiary/aromatic N) is 5. The second-order valence-corrected chi connectivity index (χ2v) is 6.48. The van der Waals surface area contributed by atoms with Gasteiger partial charge in [0.2, 0.25) is 0 Å². The highest BCUT2D eigenvalue weighted by Crippen LogP contribution is 2.33. The molecule has 0 spiro atoms. The van der Waals surface area contributed by atoms with Gasteiger partial charge in [-0.25, -0.2) is 9.97 Å². The van der Waals surface area contributed by atoms with Gasteiger partial charge in [-0.3, -0.25) is 9.78 Å². The first-order valence-electron chi connectivity index (χ1n) is 8.65. The topological polar surface area (TPSA) is 85.0 Å². The van der Waals surface area contributed by atoms with Crippen molar-refractivity contribution in [3.05, 3.63) is 60.1 Å². The molecule has 0 saturated carbocycles. The molecule has 0 radical (unpaired) electrons. The third-order valence-corrected chi connectivity index (χ3v) is 4.66. The van der Waals surface area contributed by atoms with E-state index in [-0.39, 0.29) is 11.8 Å². The van der Waals surface area contributed by atoms with E-state index in [1.165, 1.54) is 0 Å². The molecule has 1 fully saturated rings. The van der Waals surface area contributed by atoms with Crippen LogP contribution in [0.4, 0.5) is 0 Å². The lowest BCUT2D eigenvalue weighted by atomic mass is 9.91. The zero-order valence-electron chi connectivity index (χ0n) is 14.5. The lowest BCUT2D eigenvalue weighted by Gasteiger charge is -2.33. The number of likely N-dealkylation sites (tertiary alicyclic amines) is 1. The summed E-state index contributed by atoms with van der Waals surface area (Å²) >= 11 is 0. The molecule has 1 amide bonds. The lowest BCUT2D eigenvalue weighted by Crippen LogP contribution is -2.39. The lowest BCUT2D eigenvalue weighted by molar-refractivity contribution is 0.0706. The van der Waals surface area contributed by atoms with Crippen molar-refractivity contribution < 1.29 is 9.32 Å². The summed E-state index contributed by atoms with van der Waals surface area (Å²) in [6.07, 6.45) is 8.49. The maximum absolute atomic E-state index is 12.8. The highest BCUT2D eigenvalue weighted by Gasteiger charge is 2.28. The molecule has 0 bridgehead atoms. The highest BCUT2D eigenvalue weighted by atomic mass is 16.5. The van der Waals surface area contributed by atoms with Gasteiger partial charge in [0.05, 0.1) is 17.0 Å². The van der Waals surface area contributed by atoms with Gasteiger partial charge in [-0.05, 0) is 31.9 Å². The van der Waals surface area contributed by atoms with Gasteiger partial charge in [0.1, 0.15) is 6.33 Å². The third kappa shape index (κ3) is 3.20. The Morgan fingerprint density at radius 2 is 2.12 bits per heavy atom. The van der Waals surface area contributed by atoms with Gasteiger partial charge in [0.25, 0.3) is 5.91 Å². The van der Waals surface area contributed by atoms with Gasteiger partial charge in [0, 0.05) is 49.2 Å². The van der Waals surface area contributed by atoms with Crippen molar-refractivity contribution in [1.29, 1.82) is 0 Å². The Kier molecular flexibility index (Phi) is 4.43. The molecule has 4 rings (SSSR count). The van der Waals surface area contributed by atoms with Crippen molar-refractivity contribution in [3.63, 3.8) is 0 Å². The van der Waals surface area contributed by atoms with Gasteiger partial charge in [-0.1, -0.05) is 5.16 Å². The molecule has 4 heterocycles. The molecule has 3 aromatic rings.